The lowest BCUT2D eigenvalue weighted by molar-refractivity contribution is 0.329. The summed E-state index contributed by atoms with van der Waals surface area (Å²) in [5.41, 5.74) is -18.7. The van der Waals surface area contributed by atoms with Crippen molar-refractivity contribution in [3.63, 3.8) is 0 Å². The van der Waals surface area contributed by atoms with Crippen LogP contribution in [0.3, 0.4) is 0 Å². The third-order valence-corrected chi connectivity index (χ3v) is 11.1. The largest absolute Gasteiger partial charge is 0.478 e. The van der Waals surface area contributed by atoms with E-state index in [1.54, 1.807) is 0 Å². The Balaban J connectivity index is 1.54. The molecular weight excluding hydrogens is 1000 g/mol. The van der Waals surface area contributed by atoms with Crippen LogP contribution >= 0.6 is 0 Å². The molecule has 0 atom stereocenters. The van der Waals surface area contributed by atoms with Gasteiger partial charge in [0.2, 0.25) is 29.2 Å². The molecule has 71 heavy (non-hydrogen) atoms. The molecule has 364 valence electrons. The molecule has 0 aliphatic carbocycles. The van der Waals surface area contributed by atoms with Gasteiger partial charge in [-0.25, -0.2) is 97.8 Å². The minimum absolute atomic E-state index is 0.437. The highest BCUT2D eigenvalue weighted by atomic mass is 19.2. The summed E-state index contributed by atoms with van der Waals surface area (Å²) in [7, 11) is 0. The first-order valence-corrected chi connectivity index (χ1v) is 19.5. The Morgan fingerprint density at radius 3 is 1.25 bits per heavy atom. The number of aliphatic imine (C=N–C) groups is 3. The molecule has 0 saturated heterocycles. The van der Waals surface area contributed by atoms with E-state index in [2.05, 4.69) is 20.0 Å². The van der Waals surface area contributed by atoms with Gasteiger partial charge in [-0.1, -0.05) is 0 Å². The molecule has 0 amide bonds. The van der Waals surface area contributed by atoms with Crippen molar-refractivity contribution in [2.45, 2.75) is 13.3 Å². The van der Waals surface area contributed by atoms with Crippen LogP contribution in [0.4, 0.5) is 87.8 Å². The Bertz CT molecular complexity index is 3630. The van der Waals surface area contributed by atoms with Crippen LogP contribution in [0, 0.1) is 116 Å². The monoisotopic (exact) mass is 1020 g/mol. The second kappa shape index (κ2) is 17.2. The van der Waals surface area contributed by atoms with Crippen molar-refractivity contribution in [3.05, 3.63) is 208 Å². The number of nitrogens with zero attached hydrogens (tertiary/aromatic N) is 3. The second-order valence-corrected chi connectivity index (χ2v) is 15.0. The number of hydrogen-bond acceptors (Lipinski definition) is 4. The number of aromatic nitrogens is 1. The smallest absolute Gasteiger partial charge is 0.222 e. The molecule has 9 rings (SSSR count). The van der Waals surface area contributed by atoms with E-state index in [-0.39, 0.29) is 0 Å². The molecule has 4 aliphatic heterocycles. The first kappa shape index (κ1) is 48.1. The first-order valence-electron chi connectivity index (χ1n) is 19.5. The van der Waals surface area contributed by atoms with E-state index >= 15 is 70.2 Å². The summed E-state index contributed by atoms with van der Waals surface area (Å²) in [6.07, 6.45) is 0.883. The maximum Gasteiger partial charge on any atom is 0.222 e. The number of fused-ring (bicyclic) bond motifs is 6. The third-order valence-electron chi connectivity index (χ3n) is 11.1. The zero-order valence-corrected chi connectivity index (χ0v) is 34.2. The Morgan fingerprint density at radius 2 is 0.817 bits per heavy atom. The van der Waals surface area contributed by atoms with Crippen molar-refractivity contribution in [3.8, 4) is 0 Å². The molecule has 5 aromatic rings. The average Bonchev–Trinajstić information content (AvgIpc) is 4.21. The highest BCUT2D eigenvalue weighted by molar-refractivity contribution is 6.33. The van der Waals surface area contributed by atoms with Crippen LogP contribution in [0.2, 0.25) is 0 Å². The van der Waals surface area contributed by atoms with E-state index in [9.17, 15) is 17.6 Å². The summed E-state index contributed by atoms with van der Waals surface area (Å²) in [6.45, 7) is 0.596. The van der Waals surface area contributed by atoms with Gasteiger partial charge in [0.05, 0.1) is 51.7 Å². The van der Waals surface area contributed by atoms with Crippen LogP contribution < -0.4 is 10.7 Å². The summed E-state index contributed by atoms with van der Waals surface area (Å²) >= 11 is 0. The summed E-state index contributed by atoms with van der Waals surface area (Å²) in [5.74, 6) is -54.0. The predicted molar refractivity (Wildman–Crippen MR) is 208 cm³/mol. The SMILES string of the molecule is CCOC1=NC2=C(c3c(F)c(F)c(F)c(F)c3F)C3=NC(=C(c4c(F)c(F)c(F)c(F)c4F)C4=CN=C(C4)C(c4c(F)c(F)c(F)c(F)c4F)=c4ccc([nH]4)=C(c4c(F)c(F)c(F)c(F)c4F)C1=C2)C=C3. The highest BCUT2D eigenvalue weighted by Gasteiger charge is 2.39. The van der Waals surface area contributed by atoms with Crippen molar-refractivity contribution >= 4 is 39.6 Å². The number of rotatable bonds is 5. The number of allylic oxidation sites excluding steroid dienone is 6. The van der Waals surface area contributed by atoms with E-state index in [1.807, 2.05) is 0 Å². The number of H-pyrrole nitrogens is 1. The standard InChI is InChI=1S/C46H14F20N4O/c1-2-71-46-11-8-17(70-46)21(25-32(53)40(61)45(66)41(62)33(25)54)15-5-3-12(68-15)18(22-26(47)34(55)42(63)35(56)27(22)48)10-7-16(67-9-10)20(24-30(51)38(59)44(65)39(60)31(24)52)14-6-4-13(69-14)19(11)23-28(49)36(57)43(64)37(58)29(23)50/h3-6,8-9,69H,2,7H2,1H3. The summed E-state index contributed by atoms with van der Waals surface area (Å²) < 4.78 is 311. The highest BCUT2D eigenvalue weighted by Crippen LogP contribution is 2.44. The second-order valence-electron chi connectivity index (χ2n) is 15.0. The Morgan fingerprint density at radius 1 is 0.437 bits per heavy atom. The number of aromatic amines is 1. The summed E-state index contributed by atoms with van der Waals surface area (Å²) in [6, 6.07) is 1.27. The van der Waals surface area contributed by atoms with Gasteiger partial charge in [0, 0.05) is 51.2 Å². The van der Waals surface area contributed by atoms with Gasteiger partial charge in [-0.05, 0) is 42.9 Å². The van der Waals surface area contributed by atoms with Crippen LogP contribution in [0.5, 0.6) is 0 Å². The number of benzene rings is 4. The molecule has 5 nitrogen and oxygen atoms in total. The molecular formula is C46H14F20N4O. The van der Waals surface area contributed by atoms with Crippen molar-refractivity contribution in [2.75, 3.05) is 6.61 Å². The van der Waals surface area contributed by atoms with Crippen molar-refractivity contribution < 1.29 is 92.5 Å². The number of hydrogen-bond donors (Lipinski definition) is 1. The van der Waals surface area contributed by atoms with Crippen LogP contribution in [-0.2, 0) is 4.74 Å². The van der Waals surface area contributed by atoms with Gasteiger partial charge in [0.25, 0.3) is 0 Å². The molecule has 0 fully saturated rings. The zero-order chi connectivity index (χ0) is 51.6. The molecule has 0 spiro atoms. The number of halogens is 20. The third kappa shape index (κ3) is 7.05. The summed E-state index contributed by atoms with van der Waals surface area (Å²) in [4.78, 5) is 14.1. The fourth-order valence-electron chi connectivity index (χ4n) is 8.00. The molecule has 0 unspecified atom stereocenters. The van der Waals surface area contributed by atoms with Crippen molar-refractivity contribution in [1.29, 1.82) is 0 Å². The summed E-state index contributed by atoms with van der Waals surface area (Å²) in [5, 5.41) is -1.91. The Labute approximate surface area is 380 Å². The lowest BCUT2D eigenvalue weighted by Crippen LogP contribution is -2.24. The lowest BCUT2D eigenvalue weighted by Gasteiger charge is -2.17. The maximum absolute atomic E-state index is 16.1. The fraction of sp³-hybridized carbons (Fsp3) is 0.0652. The predicted octanol–water partition coefficient (Wildman–Crippen LogP) is 11.1. The topological polar surface area (TPSA) is 62.1 Å². The van der Waals surface area contributed by atoms with E-state index in [0.717, 1.165) is 0 Å². The quantitative estimate of drug-likeness (QED) is 0.106. The van der Waals surface area contributed by atoms with Gasteiger partial charge in [0.1, 0.15) is 0 Å². The van der Waals surface area contributed by atoms with Gasteiger partial charge in [0.15, 0.2) is 93.1 Å². The zero-order valence-electron chi connectivity index (χ0n) is 34.2. The van der Waals surface area contributed by atoms with Crippen LogP contribution in [0.25, 0.3) is 22.3 Å². The van der Waals surface area contributed by atoms with Crippen molar-refractivity contribution in [1.82, 2.24) is 4.98 Å². The van der Waals surface area contributed by atoms with E-state index in [4.69, 9.17) is 4.74 Å². The van der Waals surface area contributed by atoms with Gasteiger partial charge in [-0.15, -0.1) is 0 Å². The molecule has 0 saturated carbocycles. The molecule has 1 N–H and O–H groups in total. The van der Waals surface area contributed by atoms with Gasteiger partial charge in [-0.3, -0.25) is 4.99 Å². The fourth-order valence-corrected chi connectivity index (χ4v) is 8.00. The molecule has 0 radical (unpaired) electrons. The van der Waals surface area contributed by atoms with E-state index in [0.29, 0.717) is 36.6 Å². The Hall–Kier alpha value is -7.99. The molecule has 8 bridgehead atoms. The van der Waals surface area contributed by atoms with Gasteiger partial charge in [-0.2, -0.15) is 0 Å². The van der Waals surface area contributed by atoms with Gasteiger partial charge < -0.3 is 9.72 Å². The van der Waals surface area contributed by atoms with E-state index in [1.165, 1.54) is 6.92 Å². The minimum Gasteiger partial charge on any atom is -0.478 e. The van der Waals surface area contributed by atoms with Crippen molar-refractivity contribution in [2.24, 2.45) is 15.0 Å². The van der Waals surface area contributed by atoms with Crippen LogP contribution in [-0.4, -0.2) is 28.9 Å². The molecule has 25 heteroatoms. The maximum atomic E-state index is 16.1. The normalized spacial score (nSPS) is 15.6. The van der Waals surface area contributed by atoms with Crippen LogP contribution in [0.15, 0.2) is 74.1 Å². The number of ether oxygens (including phenoxy) is 1. The molecule has 4 aromatic carbocycles. The molecule has 4 aliphatic rings. The van der Waals surface area contributed by atoms with E-state index < -0.39 is 224 Å². The molecule has 1 aromatic heterocycles. The van der Waals surface area contributed by atoms with Crippen LogP contribution in [0.1, 0.15) is 35.6 Å². The first-order chi connectivity index (χ1) is 33.5. The molecule has 5 heterocycles. The van der Waals surface area contributed by atoms with Gasteiger partial charge >= 0.3 is 0 Å². The average molecular weight is 1020 g/mol. The lowest BCUT2D eigenvalue weighted by atomic mass is 9.89. The number of nitrogens with one attached hydrogen (secondary N) is 1. The Kier molecular flexibility index (Phi) is 11.6. The minimum atomic E-state index is -2.74.